The van der Waals surface area contributed by atoms with Crippen LogP contribution in [0.3, 0.4) is 0 Å². The van der Waals surface area contributed by atoms with Gasteiger partial charge in [-0.3, -0.25) is 9.10 Å². The number of methoxy groups -OCH3 is 1. The maximum Gasteiger partial charge on any atom is 0.241 e. The van der Waals surface area contributed by atoms with Crippen LogP contribution in [0.2, 0.25) is 0 Å². The van der Waals surface area contributed by atoms with Crippen molar-refractivity contribution in [2.45, 2.75) is 13.5 Å². The number of hydrogen-bond acceptors (Lipinski definition) is 5. The SMILES string of the molecule is COc1ccc(C)cc1N(CC(=O)NCc1ccco1)S(C)(=O)=O. The van der Waals surface area contributed by atoms with Crippen molar-refractivity contribution in [1.29, 1.82) is 0 Å². The maximum atomic E-state index is 12.2. The Morgan fingerprint density at radius 1 is 1.33 bits per heavy atom. The first-order chi connectivity index (χ1) is 11.3. The molecule has 130 valence electrons. The Bertz CT molecular complexity index is 800. The Kier molecular flexibility index (Phi) is 5.50. The molecular weight excluding hydrogens is 332 g/mol. The third kappa shape index (κ3) is 4.51. The summed E-state index contributed by atoms with van der Waals surface area (Å²) in [6.45, 7) is 1.67. The molecule has 0 spiro atoms. The summed E-state index contributed by atoms with van der Waals surface area (Å²) in [5.41, 5.74) is 1.18. The third-order valence-electron chi connectivity index (χ3n) is 3.33. The standard InChI is InChI=1S/C16H20N2O5S/c1-12-6-7-15(22-2)14(9-12)18(24(3,20)21)11-16(19)17-10-13-5-4-8-23-13/h4-9H,10-11H2,1-3H3,(H,17,19). The van der Waals surface area contributed by atoms with E-state index in [4.69, 9.17) is 9.15 Å². The summed E-state index contributed by atoms with van der Waals surface area (Å²) in [6.07, 6.45) is 2.55. The van der Waals surface area contributed by atoms with E-state index in [1.807, 2.05) is 6.92 Å². The molecule has 1 aromatic carbocycles. The molecule has 1 amide bonds. The number of hydrogen-bond donors (Lipinski definition) is 1. The number of furan rings is 1. The van der Waals surface area contributed by atoms with Gasteiger partial charge < -0.3 is 14.5 Å². The molecule has 0 unspecified atom stereocenters. The summed E-state index contributed by atoms with van der Waals surface area (Å²) >= 11 is 0. The molecule has 1 heterocycles. The molecule has 0 aliphatic carbocycles. The molecule has 0 radical (unpaired) electrons. The van der Waals surface area contributed by atoms with Crippen molar-refractivity contribution < 1.29 is 22.4 Å². The molecule has 2 rings (SSSR count). The number of anilines is 1. The fourth-order valence-corrected chi connectivity index (χ4v) is 3.01. The van der Waals surface area contributed by atoms with E-state index < -0.39 is 15.9 Å². The van der Waals surface area contributed by atoms with Crippen molar-refractivity contribution >= 4 is 21.6 Å². The lowest BCUT2D eigenvalue weighted by molar-refractivity contribution is -0.119. The van der Waals surface area contributed by atoms with Crippen LogP contribution in [-0.4, -0.2) is 34.2 Å². The first-order valence-electron chi connectivity index (χ1n) is 7.22. The second-order valence-electron chi connectivity index (χ2n) is 5.30. The van der Waals surface area contributed by atoms with Crippen molar-refractivity contribution in [2.75, 3.05) is 24.2 Å². The van der Waals surface area contributed by atoms with Crippen LogP contribution in [0.1, 0.15) is 11.3 Å². The highest BCUT2D eigenvalue weighted by atomic mass is 32.2. The summed E-state index contributed by atoms with van der Waals surface area (Å²) < 4.78 is 35.7. The Hall–Kier alpha value is -2.48. The van der Waals surface area contributed by atoms with Gasteiger partial charge in [0, 0.05) is 0 Å². The number of nitrogens with one attached hydrogen (secondary N) is 1. The molecule has 0 aliphatic rings. The minimum Gasteiger partial charge on any atom is -0.495 e. The highest BCUT2D eigenvalue weighted by Crippen LogP contribution is 2.30. The van der Waals surface area contributed by atoms with Gasteiger partial charge in [-0.15, -0.1) is 0 Å². The quantitative estimate of drug-likeness (QED) is 0.819. The van der Waals surface area contributed by atoms with Crippen molar-refractivity contribution in [3.05, 3.63) is 47.9 Å². The number of aryl methyl sites for hydroxylation is 1. The minimum absolute atomic E-state index is 0.189. The number of ether oxygens (including phenoxy) is 1. The Morgan fingerprint density at radius 3 is 2.67 bits per heavy atom. The van der Waals surface area contributed by atoms with Gasteiger partial charge in [0.05, 0.1) is 31.9 Å². The van der Waals surface area contributed by atoms with Crippen LogP contribution in [0.25, 0.3) is 0 Å². The summed E-state index contributed by atoms with van der Waals surface area (Å²) in [4.78, 5) is 12.2. The first kappa shape index (κ1) is 17.9. The largest absolute Gasteiger partial charge is 0.495 e. The van der Waals surface area contributed by atoms with E-state index >= 15 is 0 Å². The lowest BCUT2D eigenvalue weighted by Crippen LogP contribution is -2.40. The predicted octanol–water partition coefficient (Wildman–Crippen LogP) is 1.68. The van der Waals surface area contributed by atoms with Crippen molar-refractivity contribution in [2.24, 2.45) is 0 Å². The molecule has 7 nitrogen and oxygen atoms in total. The monoisotopic (exact) mass is 352 g/mol. The zero-order valence-electron chi connectivity index (χ0n) is 13.8. The smallest absolute Gasteiger partial charge is 0.241 e. The fraction of sp³-hybridized carbons (Fsp3) is 0.312. The average Bonchev–Trinajstić information content (AvgIpc) is 3.03. The number of benzene rings is 1. The molecule has 1 aromatic heterocycles. The van der Waals surface area contributed by atoms with Gasteiger partial charge in [0.2, 0.25) is 15.9 Å². The maximum absolute atomic E-state index is 12.2. The lowest BCUT2D eigenvalue weighted by atomic mass is 10.2. The number of nitrogens with zero attached hydrogens (tertiary/aromatic N) is 1. The summed E-state index contributed by atoms with van der Waals surface area (Å²) in [7, 11) is -2.22. The summed E-state index contributed by atoms with van der Waals surface area (Å²) in [5.74, 6) is 0.521. The Balaban J connectivity index is 2.20. The average molecular weight is 352 g/mol. The van der Waals surface area contributed by atoms with E-state index in [1.54, 1.807) is 30.3 Å². The molecule has 0 bridgehead atoms. The number of amides is 1. The second kappa shape index (κ2) is 7.39. The van der Waals surface area contributed by atoms with Crippen LogP contribution in [0.5, 0.6) is 5.75 Å². The zero-order valence-corrected chi connectivity index (χ0v) is 14.6. The van der Waals surface area contributed by atoms with Gasteiger partial charge in [0.25, 0.3) is 0 Å². The van der Waals surface area contributed by atoms with Gasteiger partial charge in [-0.05, 0) is 36.8 Å². The van der Waals surface area contributed by atoms with Crippen LogP contribution in [0.4, 0.5) is 5.69 Å². The Labute approximate surface area is 141 Å². The molecule has 1 N–H and O–H groups in total. The molecule has 24 heavy (non-hydrogen) atoms. The van der Waals surface area contributed by atoms with Crippen molar-refractivity contribution in [1.82, 2.24) is 5.32 Å². The van der Waals surface area contributed by atoms with Crippen LogP contribution in [0, 0.1) is 6.92 Å². The van der Waals surface area contributed by atoms with E-state index in [0.717, 1.165) is 16.1 Å². The minimum atomic E-state index is -3.67. The van der Waals surface area contributed by atoms with E-state index in [0.29, 0.717) is 17.2 Å². The molecule has 8 heteroatoms. The third-order valence-corrected chi connectivity index (χ3v) is 4.46. The highest BCUT2D eigenvalue weighted by molar-refractivity contribution is 7.92. The van der Waals surface area contributed by atoms with Gasteiger partial charge in [0.1, 0.15) is 18.1 Å². The molecule has 0 fully saturated rings. The molecule has 0 aliphatic heterocycles. The molecule has 0 saturated heterocycles. The van der Waals surface area contributed by atoms with E-state index in [2.05, 4.69) is 5.32 Å². The number of sulfonamides is 1. The van der Waals surface area contributed by atoms with E-state index in [1.165, 1.54) is 13.4 Å². The van der Waals surface area contributed by atoms with Gasteiger partial charge >= 0.3 is 0 Å². The summed E-state index contributed by atoms with van der Waals surface area (Å²) in [5, 5.41) is 2.63. The number of carbonyl (C=O) groups excluding carboxylic acids is 1. The zero-order chi connectivity index (χ0) is 17.7. The topological polar surface area (TPSA) is 88.8 Å². The van der Waals surface area contributed by atoms with Gasteiger partial charge in [-0.1, -0.05) is 6.07 Å². The van der Waals surface area contributed by atoms with Crippen molar-refractivity contribution in [3.8, 4) is 5.75 Å². The van der Waals surface area contributed by atoms with E-state index in [-0.39, 0.29) is 13.1 Å². The molecule has 0 atom stereocenters. The predicted molar refractivity (Wildman–Crippen MR) is 90.5 cm³/mol. The molecule has 2 aromatic rings. The van der Waals surface area contributed by atoms with Gasteiger partial charge in [0.15, 0.2) is 0 Å². The normalized spacial score (nSPS) is 11.1. The number of rotatable bonds is 7. The van der Waals surface area contributed by atoms with Crippen molar-refractivity contribution in [3.63, 3.8) is 0 Å². The van der Waals surface area contributed by atoms with Crippen LogP contribution in [-0.2, 0) is 21.4 Å². The van der Waals surface area contributed by atoms with Gasteiger partial charge in [-0.2, -0.15) is 0 Å². The fourth-order valence-electron chi connectivity index (χ4n) is 2.16. The summed E-state index contributed by atoms with van der Waals surface area (Å²) in [6, 6.07) is 8.57. The highest BCUT2D eigenvalue weighted by Gasteiger charge is 2.24. The van der Waals surface area contributed by atoms with Crippen LogP contribution in [0.15, 0.2) is 41.0 Å². The number of carbonyl (C=O) groups is 1. The Morgan fingerprint density at radius 2 is 2.08 bits per heavy atom. The van der Waals surface area contributed by atoms with Gasteiger partial charge in [-0.25, -0.2) is 8.42 Å². The lowest BCUT2D eigenvalue weighted by Gasteiger charge is -2.24. The van der Waals surface area contributed by atoms with E-state index in [9.17, 15) is 13.2 Å². The van der Waals surface area contributed by atoms with Crippen LogP contribution < -0.4 is 14.4 Å². The van der Waals surface area contributed by atoms with Crippen LogP contribution >= 0.6 is 0 Å². The first-order valence-corrected chi connectivity index (χ1v) is 9.07. The molecular formula is C16H20N2O5S. The second-order valence-corrected chi connectivity index (χ2v) is 7.21. The molecule has 0 saturated carbocycles.